The molecular formula is C15H22N2O2. The molecule has 1 aromatic rings. The van der Waals surface area contributed by atoms with Crippen LogP contribution in [0.25, 0.3) is 0 Å². The molecule has 0 aromatic heterocycles. The lowest BCUT2D eigenvalue weighted by Gasteiger charge is -2.27. The highest BCUT2D eigenvalue weighted by atomic mass is 16.2. The summed E-state index contributed by atoms with van der Waals surface area (Å²) in [5.74, 6) is -0.0587. The molecule has 1 aromatic carbocycles. The molecule has 1 unspecified atom stereocenters. The zero-order valence-corrected chi connectivity index (χ0v) is 11.8. The Kier molecular flexibility index (Phi) is 6.06. The minimum atomic E-state index is -0.103. The van der Waals surface area contributed by atoms with E-state index < -0.39 is 0 Å². The van der Waals surface area contributed by atoms with Crippen LogP contribution >= 0.6 is 0 Å². The van der Waals surface area contributed by atoms with Crippen LogP contribution < -0.4 is 5.32 Å². The molecule has 0 aliphatic heterocycles. The standard InChI is InChI=1S/C15H22N2O2/c1-4-12(2)17(13(3)18)11-10-16-15(19)14-8-6-5-7-9-14/h5-9,12H,4,10-11H2,1-3H3,(H,16,19). The first-order chi connectivity index (χ1) is 9.06. The smallest absolute Gasteiger partial charge is 0.251 e. The van der Waals surface area contributed by atoms with Crippen molar-refractivity contribution in [3.63, 3.8) is 0 Å². The number of amides is 2. The van der Waals surface area contributed by atoms with E-state index in [4.69, 9.17) is 0 Å². The van der Waals surface area contributed by atoms with Crippen molar-refractivity contribution in [2.45, 2.75) is 33.2 Å². The molecule has 0 fully saturated rings. The predicted octanol–water partition coefficient (Wildman–Crippen LogP) is 2.06. The quantitative estimate of drug-likeness (QED) is 0.853. The molecule has 1 atom stereocenters. The molecule has 0 saturated heterocycles. The third kappa shape index (κ3) is 4.73. The molecule has 0 saturated carbocycles. The fourth-order valence-corrected chi connectivity index (χ4v) is 1.89. The molecule has 4 nitrogen and oxygen atoms in total. The van der Waals surface area contributed by atoms with Gasteiger partial charge in [-0.2, -0.15) is 0 Å². The maximum atomic E-state index is 11.8. The van der Waals surface area contributed by atoms with Gasteiger partial charge in [0.15, 0.2) is 0 Å². The van der Waals surface area contributed by atoms with Crippen molar-refractivity contribution >= 4 is 11.8 Å². The molecular weight excluding hydrogens is 240 g/mol. The molecule has 0 heterocycles. The van der Waals surface area contributed by atoms with E-state index in [1.54, 1.807) is 24.0 Å². The number of benzene rings is 1. The van der Waals surface area contributed by atoms with Crippen LogP contribution in [0.3, 0.4) is 0 Å². The fraction of sp³-hybridized carbons (Fsp3) is 0.467. The van der Waals surface area contributed by atoms with Gasteiger partial charge in [0.05, 0.1) is 0 Å². The summed E-state index contributed by atoms with van der Waals surface area (Å²) >= 11 is 0. The first-order valence-corrected chi connectivity index (χ1v) is 6.66. The first-order valence-electron chi connectivity index (χ1n) is 6.66. The highest BCUT2D eigenvalue weighted by Crippen LogP contribution is 2.03. The highest BCUT2D eigenvalue weighted by Gasteiger charge is 2.14. The average Bonchev–Trinajstić information content (AvgIpc) is 2.43. The summed E-state index contributed by atoms with van der Waals surface area (Å²) < 4.78 is 0. The minimum absolute atomic E-state index is 0.0447. The number of rotatable bonds is 6. The van der Waals surface area contributed by atoms with Crippen LogP contribution in [0.5, 0.6) is 0 Å². The van der Waals surface area contributed by atoms with Gasteiger partial charge in [0.25, 0.3) is 5.91 Å². The molecule has 0 aliphatic carbocycles. The minimum Gasteiger partial charge on any atom is -0.350 e. The van der Waals surface area contributed by atoms with Crippen LogP contribution in [-0.2, 0) is 4.79 Å². The van der Waals surface area contributed by atoms with Crippen LogP contribution in [0.1, 0.15) is 37.6 Å². The van der Waals surface area contributed by atoms with Gasteiger partial charge in [-0.3, -0.25) is 9.59 Å². The number of carbonyl (C=O) groups excluding carboxylic acids is 2. The number of hydrogen-bond donors (Lipinski definition) is 1. The van der Waals surface area contributed by atoms with E-state index in [0.29, 0.717) is 18.7 Å². The third-order valence-corrected chi connectivity index (χ3v) is 3.20. The second kappa shape index (κ2) is 7.56. The summed E-state index contributed by atoms with van der Waals surface area (Å²) in [4.78, 5) is 25.1. The van der Waals surface area contributed by atoms with E-state index >= 15 is 0 Å². The lowest BCUT2D eigenvalue weighted by molar-refractivity contribution is -0.130. The van der Waals surface area contributed by atoms with Gasteiger partial charge in [-0.25, -0.2) is 0 Å². The average molecular weight is 262 g/mol. The van der Waals surface area contributed by atoms with E-state index in [1.165, 1.54) is 0 Å². The van der Waals surface area contributed by atoms with E-state index in [0.717, 1.165) is 6.42 Å². The maximum Gasteiger partial charge on any atom is 0.251 e. The number of nitrogens with one attached hydrogen (secondary N) is 1. The Labute approximate surface area is 114 Å². The van der Waals surface area contributed by atoms with Gasteiger partial charge in [-0.1, -0.05) is 25.1 Å². The van der Waals surface area contributed by atoms with Crippen LogP contribution in [0.15, 0.2) is 30.3 Å². The molecule has 0 bridgehead atoms. The second-order valence-corrected chi connectivity index (χ2v) is 4.59. The molecule has 2 amide bonds. The molecule has 4 heteroatoms. The molecule has 104 valence electrons. The van der Waals surface area contributed by atoms with Gasteiger partial charge in [0.1, 0.15) is 0 Å². The van der Waals surface area contributed by atoms with Crippen molar-refractivity contribution in [3.05, 3.63) is 35.9 Å². The predicted molar refractivity (Wildman–Crippen MR) is 75.9 cm³/mol. The summed E-state index contributed by atoms with van der Waals surface area (Å²) in [5, 5.41) is 2.83. The Morgan fingerprint density at radius 1 is 1.26 bits per heavy atom. The Balaban J connectivity index is 2.44. The summed E-state index contributed by atoms with van der Waals surface area (Å²) in [6.45, 7) is 6.63. The Hall–Kier alpha value is -1.84. The van der Waals surface area contributed by atoms with E-state index in [2.05, 4.69) is 5.32 Å². The van der Waals surface area contributed by atoms with Gasteiger partial charge < -0.3 is 10.2 Å². The molecule has 1 N–H and O–H groups in total. The van der Waals surface area contributed by atoms with Gasteiger partial charge in [0, 0.05) is 31.6 Å². The van der Waals surface area contributed by atoms with Gasteiger partial charge >= 0.3 is 0 Å². The second-order valence-electron chi connectivity index (χ2n) is 4.59. The zero-order chi connectivity index (χ0) is 14.3. The van der Waals surface area contributed by atoms with Crippen molar-refractivity contribution in [2.24, 2.45) is 0 Å². The molecule has 0 radical (unpaired) electrons. The van der Waals surface area contributed by atoms with Crippen LogP contribution in [0.2, 0.25) is 0 Å². The lowest BCUT2D eigenvalue weighted by Crippen LogP contribution is -2.42. The fourth-order valence-electron chi connectivity index (χ4n) is 1.89. The molecule has 19 heavy (non-hydrogen) atoms. The van der Waals surface area contributed by atoms with Gasteiger partial charge in [0.2, 0.25) is 5.91 Å². The van der Waals surface area contributed by atoms with Gasteiger partial charge in [-0.05, 0) is 25.5 Å². The maximum absolute atomic E-state index is 11.8. The van der Waals surface area contributed by atoms with Crippen molar-refractivity contribution in [1.29, 1.82) is 0 Å². The van der Waals surface area contributed by atoms with Crippen LogP contribution in [0.4, 0.5) is 0 Å². The lowest BCUT2D eigenvalue weighted by atomic mass is 10.2. The Morgan fingerprint density at radius 2 is 1.89 bits per heavy atom. The topological polar surface area (TPSA) is 49.4 Å². The summed E-state index contributed by atoms with van der Waals surface area (Å²) in [6.07, 6.45) is 0.909. The van der Waals surface area contributed by atoms with Crippen LogP contribution in [0, 0.1) is 0 Å². The van der Waals surface area contributed by atoms with Crippen molar-refractivity contribution in [3.8, 4) is 0 Å². The normalized spacial score (nSPS) is 11.7. The summed E-state index contributed by atoms with van der Waals surface area (Å²) in [5.41, 5.74) is 0.639. The highest BCUT2D eigenvalue weighted by molar-refractivity contribution is 5.94. The van der Waals surface area contributed by atoms with Crippen LogP contribution in [-0.4, -0.2) is 35.8 Å². The largest absolute Gasteiger partial charge is 0.350 e. The number of hydrogen-bond acceptors (Lipinski definition) is 2. The van der Waals surface area contributed by atoms with Gasteiger partial charge in [-0.15, -0.1) is 0 Å². The Bertz CT molecular complexity index is 417. The first kappa shape index (κ1) is 15.2. The zero-order valence-electron chi connectivity index (χ0n) is 11.8. The van der Waals surface area contributed by atoms with Crippen molar-refractivity contribution < 1.29 is 9.59 Å². The summed E-state index contributed by atoms with van der Waals surface area (Å²) in [7, 11) is 0. The third-order valence-electron chi connectivity index (χ3n) is 3.20. The molecule has 0 aliphatic rings. The van der Waals surface area contributed by atoms with E-state index in [-0.39, 0.29) is 17.9 Å². The monoisotopic (exact) mass is 262 g/mol. The van der Waals surface area contributed by atoms with Crippen molar-refractivity contribution in [1.82, 2.24) is 10.2 Å². The SMILES string of the molecule is CCC(C)N(CCNC(=O)c1ccccc1)C(C)=O. The molecule has 0 spiro atoms. The number of nitrogens with zero attached hydrogens (tertiary/aromatic N) is 1. The van der Waals surface area contributed by atoms with E-state index in [9.17, 15) is 9.59 Å². The van der Waals surface area contributed by atoms with E-state index in [1.807, 2.05) is 32.0 Å². The van der Waals surface area contributed by atoms with Crippen molar-refractivity contribution in [2.75, 3.05) is 13.1 Å². The number of carbonyl (C=O) groups is 2. The molecule has 1 rings (SSSR count). The Morgan fingerprint density at radius 3 is 2.42 bits per heavy atom. The summed E-state index contributed by atoms with van der Waals surface area (Å²) in [6, 6.07) is 9.27.